The molecule has 1 aromatic carbocycles. The molecule has 1 saturated heterocycles. The van der Waals surface area contributed by atoms with Crippen molar-refractivity contribution >= 4 is 5.69 Å². The van der Waals surface area contributed by atoms with Crippen molar-refractivity contribution in [3.05, 3.63) is 29.6 Å². The van der Waals surface area contributed by atoms with Gasteiger partial charge in [0.15, 0.2) is 0 Å². The second-order valence-corrected chi connectivity index (χ2v) is 4.46. The molecule has 2 atom stereocenters. The summed E-state index contributed by atoms with van der Waals surface area (Å²) in [4.78, 5) is 1.78. The Morgan fingerprint density at radius 2 is 2.33 bits per heavy atom. The maximum Gasteiger partial charge on any atom is 0.146 e. The van der Waals surface area contributed by atoms with E-state index >= 15 is 0 Å². The van der Waals surface area contributed by atoms with Gasteiger partial charge in [0.05, 0.1) is 37.7 Å². The Hall–Kier alpha value is -1.17. The van der Waals surface area contributed by atoms with Crippen molar-refractivity contribution in [1.29, 1.82) is 0 Å². The fraction of sp³-hybridized carbons (Fsp3) is 0.538. The molecule has 5 heteroatoms. The van der Waals surface area contributed by atoms with E-state index in [-0.39, 0.29) is 18.5 Å². The highest BCUT2D eigenvalue weighted by Crippen LogP contribution is 2.31. The summed E-state index contributed by atoms with van der Waals surface area (Å²) >= 11 is 0. The normalized spacial score (nSPS) is 22.0. The first-order valence-electron chi connectivity index (χ1n) is 6.07. The van der Waals surface area contributed by atoms with Gasteiger partial charge >= 0.3 is 0 Å². The molecule has 2 unspecified atom stereocenters. The lowest BCUT2D eigenvalue weighted by atomic mass is 10.0. The molecule has 2 N–H and O–H groups in total. The van der Waals surface area contributed by atoms with Crippen LogP contribution in [-0.4, -0.2) is 42.6 Å². The summed E-state index contributed by atoms with van der Waals surface area (Å²) in [5.41, 5.74) is 0.908. The molecule has 100 valence electrons. The number of rotatable bonds is 3. The molecule has 1 heterocycles. The highest BCUT2D eigenvalue weighted by molar-refractivity contribution is 5.57. The average Bonchev–Trinajstić information content (AvgIpc) is 2.38. The molecule has 18 heavy (non-hydrogen) atoms. The van der Waals surface area contributed by atoms with E-state index in [9.17, 15) is 14.6 Å². The number of hydrogen-bond donors (Lipinski definition) is 2. The maximum absolute atomic E-state index is 14.0. The summed E-state index contributed by atoms with van der Waals surface area (Å²) in [6, 6.07) is 4.38. The van der Waals surface area contributed by atoms with E-state index < -0.39 is 6.10 Å². The van der Waals surface area contributed by atoms with Gasteiger partial charge in [-0.25, -0.2) is 4.39 Å². The molecule has 0 bridgehead atoms. The molecule has 1 aliphatic heterocycles. The highest BCUT2D eigenvalue weighted by atomic mass is 19.1. The third-order valence-corrected chi connectivity index (χ3v) is 3.19. The van der Waals surface area contributed by atoms with Gasteiger partial charge < -0.3 is 19.8 Å². The van der Waals surface area contributed by atoms with Crippen LogP contribution in [0.2, 0.25) is 0 Å². The predicted molar refractivity (Wildman–Crippen MR) is 66.1 cm³/mol. The molecule has 0 saturated carbocycles. The Kier molecular flexibility index (Phi) is 4.16. The van der Waals surface area contributed by atoms with Crippen molar-refractivity contribution in [2.45, 2.75) is 19.1 Å². The van der Waals surface area contributed by atoms with E-state index in [0.29, 0.717) is 31.0 Å². The molecular weight excluding hydrogens is 237 g/mol. The van der Waals surface area contributed by atoms with E-state index in [1.807, 2.05) is 0 Å². The minimum atomic E-state index is -0.752. The number of benzene rings is 1. The maximum atomic E-state index is 14.0. The average molecular weight is 255 g/mol. The first-order valence-corrected chi connectivity index (χ1v) is 6.07. The Morgan fingerprint density at radius 3 is 3.00 bits per heavy atom. The first-order chi connectivity index (χ1) is 8.65. The molecule has 0 amide bonds. The van der Waals surface area contributed by atoms with Crippen molar-refractivity contribution < 1.29 is 19.3 Å². The fourth-order valence-corrected chi connectivity index (χ4v) is 2.27. The van der Waals surface area contributed by atoms with Crippen molar-refractivity contribution in [2.24, 2.45) is 0 Å². The predicted octanol–water partition coefficient (Wildman–Crippen LogP) is 1.08. The van der Waals surface area contributed by atoms with Crippen LogP contribution in [0.4, 0.5) is 10.1 Å². The third kappa shape index (κ3) is 2.48. The molecule has 1 aliphatic rings. The summed E-state index contributed by atoms with van der Waals surface area (Å²) in [6.07, 6.45) is -0.752. The molecule has 1 aromatic rings. The van der Waals surface area contributed by atoms with Crippen LogP contribution >= 0.6 is 0 Å². The van der Waals surface area contributed by atoms with E-state index in [4.69, 9.17) is 4.74 Å². The summed E-state index contributed by atoms with van der Waals surface area (Å²) in [5.74, 6) is -0.381. The van der Waals surface area contributed by atoms with Crippen molar-refractivity contribution in [1.82, 2.24) is 0 Å². The number of ether oxygens (including phenoxy) is 1. The van der Waals surface area contributed by atoms with Gasteiger partial charge in [-0.15, -0.1) is 0 Å². The van der Waals surface area contributed by atoms with E-state index in [1.54, 1.807) is 24.0 Å². The number of aliphatic hydroxyl groups excluding tert-OH is 2. The highest BCUT2D eigenvalue weighted by Gasteiger charge is 2.27. The molecule has 0 radical (unpaired) electrons. The zero-order chi connectivity index (χ0) is 13.1. The summed E-state index contributed by atoms with van der Waals surface area (Å²) in [5, 5.41) is 19.1. The largest absolute Gasteiger partial charge is 0.394 e. The lowest BCUT2D eigenvalue weighted by Crippen LogP contribution is -2.48. The van der Waals surface area contributed by atoms with Gasteiger partial charge in [0.2, 0.25) is 0 Å². The summed E-state index contributed by atoms with van der Waals surface area (Å²) < 4.78 is 19.3. The number of halogens is 1. The molecule has 0 aromatic heterocycles. The lowest BCUT2D eigenvalue weighted by Gasteiger charge is -2.37. The minimum absolute atomic E-state index is 0.104. The van der Waals surface area contributed by atoms with Crippen LogP contribution in [0.15, 0.2) is 18.2 Å². The van der Waals surface area contributed by atoms with Crippen LogP contribution < -0.4 is 4.90 Å². The first kappa shape index (κ1) is 13.3. The number of morpholine rings is 1. The van der Waals surface area contributed by atoms with Crippen LogP contribution in [0.25, 0.3) is 0 Å². The SMILES string of the molecule is CC(O)c1cccc(F)c1N1CCOCC1CO. The quantitative estimate of drug-likeness (QED) is 0.848. The van der Waals surface area contributed by atoms with Crippen molar-refractivity contribution in [2.75, 3.05) is 31.3 Å². The summed E-state index contributed by atoms with van der Waals surface area (Å²) in [6.45, 7) is 2.86. The van der Waals surface area contributed by atoms with Crippen molar-refractivity contribution in [3.8, 4) is 0 Å². The van der Waals surface area contributed by atoms with Gasteiger partial charge in [0.25, 0.3) is 0 Å². The second kappa shape index (κ2) is 5.65. The standard InChI is InChI=1S/C13H18FNO3/c1-9(17)11-3-2-4-12(14)13(11)15-5-6-18-8-10(15)7-16/h2-4,9-10,16-17H,5-8H2,1H3. The van der Waals surface area contributed by atoms with E-state index in [1.165, 1.54) is 6.07 Å². The Balaban J connectivity index is 2.41. The van der Waals surface area contributed by atoms with Crippen LogP contribution in [0.1, 0.15) is 18.6 Å². The molecule has 4 nitrogen and oxygen atoms in total. The number of aliphatic hydroxyl groups is 2. The smallest absolute Gasteiger partial charge is 0.146 e. The van der Waals surface area contributed by atoms with Crippen LogP contribution in [0, 0.1) is 5.82 Å². The molecule has 0 spiro atoms. The van der Waals surface area contributed by atoms with E-state index in [0.717, 1.165) is 0 Å². The molecule has 0 aliphatic carbocycles. The van der Waals surface area contributed by atoms with Crippen LogP contribution in [0.5, 0.6) is 0 Å². The van der Waals surface area contributed by atoms with Crippen LogP contribution in [0.3, 0.4) is 0 Å². The van der Waals surface area contributed by atoms with Gasteiger partial charge in [0, 0.05) is 12.1 Å². The van der Waals surface area contributed by atoms with Gasteiger partial charge in [-0.2, -0.15) is 0 Å². The summed E-state index contributed by atoms with van der Waals surface area (Å²) in [7, 11) is 0. The fourth-order valence-electron chi connectivity index (χ4n) is 2.27. The van der Waals surface area contributed by atoms with Crippen LogP contribution in [-0.2, 0) is 4.74 Å². The number of para-hydroxylation sites is 1. The monoisotopic (exact) mass is 255 g/mol. The lowest BCUT2D eigenvalue weighted by molar-refractivity contribution is 0.0719. The van der Waals surface area contributed by atoms with E-state index in [2.05, 4.69) is 0 Å². The minimum Gasteiger partial charge on any atom is -0.394 e. The number of anilines is 1. The number of nitrogens with zero attached hydrogens (tertiary/aromatic N) is 1. The van der Waals surface area contributed by atoms with Gasteiger partial charge in [-0.3, -0.25) is 0 Å². The molecule has 2 rings (SSSR count). The number of hydrogen-bond acceptors (Lipinski definition) is 4. The van der Waals surface area contributed by atoms with Gasteiger partial charge in [-0.05, 0) is 13.0 Å². The van der Waals surface area contributed by atoms with Gasteiger partial charge in [0.1, 0.15) is 5.82 Å². The topological polar surface area (TPSA) is 52.9 Å². The third-order valence-electron chi connectivity index (χ3n) is 3.19. The molecule has 1 fully saturated rings. The molecular formula is C13H18FNO3. The van der Waals surface area contributed by atoms with Gasteiger partial charge in [-0.1, -0.05) is 12.1 Å². The zero-order valence-electron chi connectivity index (χ0n) is 10.3. The Morgan fingerprint density at radius 1 is 1.56 bits per heavy atom. The Labute approximate surface area is 106 Å². The Bertz CT molecular complexity index is 411. The van der Waals surface area contributed by atoms with Crippen molar-refractivity contribution in [3.63, 3.8) is 0 Å². The zero-order valence-corrected chi connectivity index (χ0v) is 10.3. The second-order valence-electron chi connectivity index (χ2n) is 4.46.